The van der Waals surface area contributed by atoms with Crippen molar-refractivity contribution in [2.75, 3.05) is 0 Å². The van der Waals surface area contributed by atoms with Crippen LogP contribution in [0.15, 0.2) is 46.9 Å². The number of aryl methyl sites for hydroxylation is 2. The maximum absolute atomic E-state index is 12.4. The zero-order valence-electron chi connectivity index (χ0n) is 14.2. The highest BCUT2D eigenvalue weighted by Crippen LogP contribution is 2.30. The van der Waals surface area contributed by atoms with Crippen LogP contribution in [-0.4, -0.2) is 16.9 Å². The highest BCUT2D eigenvalue weighted by molar-refractivity contribution is 9.10. The zero-order chi connectivity index (χ0) is 17.4. The van der Waals surface area contributed by atoms with E-state index in [0.717, 1.165) is 29.3 Å². The number of hydrogen-bond donors (Lipinski definition) is 2. The topological polar surface area (TPSA) is 44.9 Å². The van der Waals surface area contributed by atoms with Crippen LogP contribution in [0.5, 0.6) is 0 Å². The molecule has 128 valence electrons. The standard InChI is InChI=1S/C21H21BrN2O/c1-13-5-7-19-17(9-13)18-12-16(6-8-20(18)24-19)23-21(25)11-14-3-2-4-15(22)10-14/h2-5,7,9-10,16,24H,6,8,11-12H2,1H3,(H,23,25). The summed E-state index contributed by atoms with van der Waals surface area (Å²) in [5.41, 5.74) is 6.22. The van der Waals surface area contributed by atoms with Gasteiger partial charge in [0.1, 0.15) is 0 Å². The lowest BCUT2D eigenvalue weighted by Crippen LogP contribution is -2.39. The largest absolute Gasteiger partial charge is 0.358 e. The second-order valence-corrected chi connectivity index (χ2v) is 7.86. The molecule has 3 aromatic rings. The van der Waals surface area contributed by atoms with Gasteiger partial charge >= 0.3 is 0 Å². The van der Waals surface area contributed by atoms with Gasteiger partial charge in [-0.2, -0.15) is 0 Å². The van der Waals surface area contributed by atoms with Crippen LogP contribution in [0.3, 0.4) is 0 Å². The van der Waals surface area contributed by atoms with E-state index in [0.29, 0.717) is 6.42 Å². The fourth-order valence-corrected chi connectivity index (χ4v) is 4.21. The average Bonchev–Trinajstić information content (AvgIpc) is 2.92. The highest BCUT2D eigenvalue weighted by Gasteiger charge is 2.23. The third-order valence-electron chi connectivity index (χ3n) is 4.96. The maximum Gasteiger partial charge on any atom is 0.224 e. The molecule has 0 radical (unpaired) electrons. The number of hydrogen-bond acceptors (Lipinski definition) is 1. The van der Waals surface area contributed by atoms with E-state index < -0.39 is 0 Å². The van der Waals surface area contributed by atoms with Crippen molar-refractivity contribution >= 4 is 32.7 Å². The molecule has 0 bridgehead atoms. The quantitative estimate of drug-likeness (QED) is 0.674. The van der Waals surface area contributed by atoms with Gasteiger partial charge in [0.05, 0.1) is 6.42 Å². The summed E-state index contributed by atoms with van der Waals surface area (Å²) >= 11 is 3.46. The van der Waals surface area contributed by atoms with Crippen molar-refractivity contribution in [2.24, 2.45) is 0 Å². The summed E-state index contributed by atoms with van der Waals surface area (Å²) in [5.74, 6) is 0.0996. The molecule has 0 saturated heterocycles. The average molecular weight is 397 g/mol. The third kappa shape index (κ3) is 3.49. The van der Waals surface area contributed by atoms with Crippen molar-refractivity contribution in [3.05, 3.63) is 69.3 Å². The molecule has 1 aliphatic rings. The van der Waals surface area contributed by atoms with Crippen molar-refractivity contribution in [1.82, 2.24) is 10.3 Å². The minimum atomic E-state index is 0.0996. The van der Waals surface area contributed by atoms with Crippen molar-refractivity contribution in [3.63, 3.8) is 0 Å². The van der Waals surface area contributed by atoms with E-state index in [1.54, 1.807) is 0 Å². The Kier molecular flexibility index (Phi) is 4.38. The first-order valence-corrected chi connectivity index (χ1v) is 9.51. The summed E-state index contributed by atoms with van der Waals surface area (Å²) in [7, 11) is 0. The SMILES string of the molecule is Cc1ccc2[nH]c3c(c2c1)CC(NC(=O)Cc1cccc(Br)c1)CC3. The Balaban J connectivity index is 1.48. The number of halogens is 1. The van der Waals surface area contributed by atoms with E-state index in [9.17, 15) is 4.79 Å². The van der Waals surface area contributed by atoms with Gasteiger partial charge in [-0.15, -0.1) is 0 Å². The van der Waals surface area contributed by atoms with E-state index >= 15 is 0 Å². The fraction of sp³-hybridized carbons (Fsp3) is 0.286. The number of H-pyrrole nitrogens is 1. The highest BCUT2D eigenvalue weighted by atomic mass is 79.9. The van der Waals surface area contributed by atoms with Crippen molar-refractivity contribution in [2.45, 2.75) is 38.6 Å². The Hall–Kier alpha value is -2.07. The number of rotatable bonds is 3. The number of amides is 1. The predicted molar refractivity (Wildman–Crippen MR) is 105 cm³/mol. The second-order valence-electron chi connectivity index (χ2n) is 6.95. The molecule has 4 rings (SSSR count). The molecular weight excluding hydrogens is 376 g/mol. The maximum atomic E-state index is 12.4. The van der Waals surface area contributed by atoms with E-state index in [4.69, 9.17) is 0 Å². The second kappa shape index (κ2) is 6.68. The molecule has 1 unspecified atom stereocenters. The van der Waals surface area contributed by atoms with Gasteiger partial charge in [0.25, 0.3) is 0 Å². The number of aromatic amines is 1. The summed E-state index contributed by atoms with van der Waals surface area (Å²) in [6.45, 7) is 2.12. The van der Waals surface area contributed by atoms with Crippen molar-refractivity contribution < 1.29 is 4.79 Å². The Labute approximate surface area is 156 Å². The first-order valence-electron chi connectivity index (χ1n) is 8.72. The molecule has 1 aliphatic carbocycles. The molecule has 0 fully saturated rings. The molecule has 4 heteroatoms. The van der Waals surface area contributed by atoms with E-state index in [-0.39, 0.29) is 11.9 Å². The summed E-state index contributed by atoms with van der Waals surface area (Å²) in [5, 5.41) is 4.54. The molecule has 1 amide bonds. The van der Waals surface area contributed by atoms with Gasteiger partial charge in [-0.1, -0.05) is 39.7 Å². The number of aromatic nitrogens is 1. The van der Waals surface area contributed by atoms with Gasteiger partial charge < -0.3 is 10.3 Å². The molecule has 0 saturated carbocycles. The lowest BCUT2D eigenvalue weighted by atomic mass is 9.91. The van der Waals surface area contributed by atoms with Crippen LogP contribution in [0.1, 0.15) is 28.8 Å². The van der Waals surface area contributed by atoms with E-state index in [1.807, 2.05) is 24.3 Å². The van der Waals surface area contributed by atoms with Gasteiger partial charge in [-0.3, -0.25) is 4.79 Å². The number of carbonyl (C=O) groups excluding carboxylic acids is 1. The van der Waals surface area contributed by atoms with Crippen LogP contribution in [0.4, 0.5) is 0 Å². The Morgan fingerprint density at radius 1 is 1.28 bits per heavy atom. The molecule has 1 aromatic heterocycles. The minimum Gasteiger partial charge on any atom is -0.358 e. The lowest BCUT2D eigenvalue weighted by molar-refractivity contribution is -0.121. The Morgan fingerprint density at radius 3 is 3.00 bits per heavy atom. The molecular formula is C21H21BrN2O. The molecule has 2 aromatic carbocycles. The van der Waals surface area contributed by atoms with Crippen LogP contribution in [-0.2, 0) is 24.1 Å². The molecule has 0 spiro atoms. The number of nitrogens with one attached hydrogen (secondary N) is 2. The van der Waals surface area contributed by atoms with Crippen LogP contribution < -0.4 is 5.32 Å². The van der Waals surface area contributed by atoms with Gasteiger partial charge in [0, 0.05) is 27.1 Å². The number of carbonyl (C=O) groups is 1. The van der Waals surface area contributed by atoms with Crippen molar-refractivity contribution in [1.29, 1.82) is 0 Å². The first-order chi connectivity index (χ1) is 12.1. The van der Waals surface area contributed by atoms with Gasteiger partial charge in [-0.05, 0) is 61.6 Å². The van der Waals surface area contributed by atoms with Crippen LogP contribution >= 0.6 is 15.9 Å². The summed E-state index contributed by atoms with van der Waals surface area (Å²) in [4.78, 5) is 16.0. The smallest absolute Gasteiger partial charge is 0.224 e. The monoisotopic (exact) mass is 396 g/mol. The molecule has 2 N–H and O–H groups in total. The van der Waals surface area contributed by atoms with E-state index in [2.05, 4.69) is 51.4 Å². The summed E-state index contributed by atoms with van der Waals surface area (Å²) < 4.78 is 1.01. The zero-order valence-corrected chi connectivity index (χ0v) is 15.8. The van der Waals surface area contributed by atoms with Crippen LogP contribution in [0, 0.1) is 6.92 Å². The van der Waals surface area contributed by atoms with Crippen molar-refractivity contribution in [3.8, 4) is 0 Å². The van der Waals surface area contributed by atoms with Gasteiger partial charge in [0.2, 0.25) is 5.91 Å². The van der Waals surface area contributed by atoms with E-state index in [1.165, 1.54) is 27.7 Å². The Morgan fingerprint density at radius 2 is 2.16 bits per heavy atom. The molecule has 1 heterocycles. The Bertz CT molecular complexity index is 944. The predicted octanol–water partition coefficient (Wildman–Crippen LogP) is 4.46. The van der Waals surface area contributed by atoms with Crippen LogP contribution in [0.2, 0.25) is 0 Å². The van der Waals surface area contributed by atoms with Gasteiger partial charge in [-0.25, -0.2) is 0 Å². The minimum absolute atomic E-state index is 0.0996. The summed E-state index contributed by atoms with van der Waals surface area (Å²) in [6, 6.07) is 14.7. The number of benzene rings is 2. The third-order valence-corrected chi connectivity index (χ3v) is 5.46. The first kappa shape index (κ1) is 16.4. The normalized spacial score (nSPS) is 16.6. The number of fused-ring (bicyclic) bond motifs is 3. The molecule has 1 atom stereocenters. The fourth-order valence-electron chi connectivity index (χ4n) is 3.77. The van der Waals surface area contributed by atoms with Gasteiger partial charge in [0.15, 0.2) is 0 Å². The molecule has 3 nitrogen and oxygen atoms in total. The lowest BCUT2D eigenvalue weighted by Gasteiger charge is -2.23. The molecule has 25 heavy (non-hydrogen) atoms. The summed E-state index contributed by atoms with van der Waals surface area (Å²) in [6.07, 6.45) is 3.31. The van der Waals surface area contributed by atoms with Crippen LogP contribution in [0.25, 0.3) is 10.9 Å². The molecule has 0 aliphatic heterocycles.